The van der Waals surface area contributed by atoms with Gasteiger partial charge in [-0.15, -0.1) is 0 Å². The molecule has 3 heterocycles. The number of piperazine rings is 1. The second-order valence-corrected chi connectivity index (χ2v) is 10.1. The number of allylic oxidation sites excluding steroid dienone is 4. The van der Waals surface area contributed by atoms with E-state index in [-0.39, 0.29) is 30.1 Å². The van der Waals surface area contributed by atoms with Crippen molar-refractivity contribution in [2.24, 2.45) is 0 Å². The summed E-state index contributed by atoms with van der Waals surface area (Å²) in [5.41, 5.74) is 1.45. The molecule has 1 aromatic carbocycles. The first-order chi connectivity index (χ1) is 20.3. The highest BCUT2D eigenvalue weighted by Crippen LogP contribution is 2.33. The maximum atomic E-state index is 15.9. The third-order valence-corrected chi connectivity index (χ3v) is 7.01. The third-order valence-electron chi connectivity index (χ3n) is 7.01. The number of aliphatic hydroxyl groups excluding tert-OH is 1. The molecule has 0 spiro atoms. The van der Waals surface area contributed by atoms with Gasteiger partial charge in [-0.3, -0.25) is 9.69 Å². The van der Waals surface area contributed by atoms with E-state index in [0.29, 0.717) is 55.0 Å². The minimum absolute atomic E-state index is 0.120. The fourth-order valence-electron chi connectivity index (χ4n) is 4.56. The van der Waals surface area contributed by atoms with E-state index < -0.39 is 11.6 Å². The summed E-state index contributed by atoms with van der Waals surface area (Å²) < 4.78 is 42.0. The zero-order valence-electron chi connectivity index (χ0n) is 24.5. The Hall–Kier alpha value is -3.51. The number of likely N-dealkylation sites (N-methyl/N-ethyl adjacent to an activating group) is 1. The fourth-order valence-corrected chi connectivity index (χ4v) is 4.56. The van der Waals surface area contributed by atoms with Gasteiger partial charge in [-0.05, 0) is 48.9 Å². The van der Waals surface area contributed by atoms with Gasteiger partial charge in [0.25, 0.3) is 0 Å². The molecule has 0 aliphatic carbocycles. The maximum Gasteiger partial charge on any atom is 0.319 e. The molecule has 2 aromatic rings. The zero-order chi connectivity index (χ0) is 30.5. The van der Waals surface area contributed by atoms with Crippen molar-refractivity contribution in [3.63, 3.8) is 0 Å². The van der Waals surface area contributed by atoms with Crippen LogP contribution in [-0.2, 0) is 16.0 Å². The van der Waals surface area contributed by atoms with Crippen molar-refractivity contribution in [2.75, 3.05) is 84.2 Å². The highest BCUT2D eigenvalue weighted by molar-refractivity contribution is 5.91. The van der Waals surface area contributed by atoms with E-state index in [1.165, 1.54) is 24.3 Å². The second-order valence-electron chi connectivity index (χ2n) is 10.1. The molecule has 1 aromatic heterocycles. The molecule has 2 saturated heterocycles. The fraction of sp³-hybridized carbons (Fsp3) is 0.452. The van der Waals surface area contributed by atoms with Gasteiger partial charge in [0.15, 0.2) is 5.82 Å². The van der Waals surface area contributed by atoms with Crippen molar-refractivity contribution >= 4 is 23.0 Å². The topological polar surface area (TPSA) is 91.3 Å². The predicted octanol–water partition coefficient (Wildman–Crippen LogP) is 3.41. The lowest BCUT2D eigenvalue weighted by Crippen LogP contribution is -2.45. The smallest absolute Gasteiger partial charge is 0.319 e. The van der Waals surface area contributed by atoms with Crippen molar-refractivity contribution in [2.45, 2.75) is 13.3 Å². The SMILES string of the molecule is C=C(/C=C\C=C(\F)Cc1c(C)cc2c(N3CCN(C)CC3)nc(OCCN3CCOCC3)nc2c1F)CO.C=CC=O. The van der Waals surface area contributed by atoms with Gasteiger partial charge in [-0.1, -0.05) is 25.3 Å². The number of nitrogens with zero attached hydrogens (tertiary/aromatic N) is 5. The average molecular weight is 586 g/mol. The molecule has 0 amide bonds. The Kier molecular flexibility index (Phi) is 13.2. The number of rotatable bonds is 11. The normalized spacial score (nSPS) is 16.8. The number of carbonyl (C=O) groups is 1. The number of hydrogen-bond donors (Lipinski definition) is 1. The van der Waals surface area contributed by atoms with Crippen LogP contribution < -0.4 is 9.64 Å². The van der Waals surface area contributed by atoms with Crippen LogP contribution in [0.2, 0.25) is 0 Å². The number of anilines is 1. The molecular formula is C31H41F2N5O4. The Morgan fingerprint density at radius 2 is 1.88 bits per heavy atom. The van der Waals surface area contributed by atoms with Crippen molar-refractivity contribution in [1.82, 2.24) is 19.8 Å². The Balaban J connectivity index is 0.00000114. The maximum absolute atomic E-state index is 15.9. The summed E-state index contributed by atoms with van der Waals surface area (Å²) in [5.74, 6) is -0.439. The van der Waals surface area contributed by atoms with Crippen LogP contribution in [0, 0.1) is 12.7 Å². The van der Waals surface area contributed by atoms with Gasteiger partial charge < -0.3 is 24.4 Å². The molecule has 0 bridgehead atoms. The minimum Gasteiger partial charge on any atom is -0.462 e. The zero-order valence-corrected chi connectivity index (χ0v) is 24.5. The van der Waals surface area contributed by atoms with Gasteiger partial charge >= 0.3 is 6.01 Å². The van der Waals surface area contributed by atoms with Crippen LogP contribution in [0.3, 0.4) is 0 Å². The first-order valence-electron chi connectivity index (χ1n) is 14.0. The number of hydrogen-bond acceptors (Lipinski definition) is 9. The summed E-state index contributed by atoms with van der Waals surface area (Å²) in [7, 11) is 2.07. The van der Waals surface area contributed by atoms with Crippen LogP contribution in [0.4, 0.5) is 14.6 Å². The number of aryl methyl sites for hydroxylation is 1. The number of aldehydes is 1. The lowest BCUT2D eigenvalue weighted by molar-refractivity contribution is -0.104. The summed E-state index contributed by atoms with van der Waals surface area (Å²) in [5, 5.41) is 9.63. The minimum atomic E-state index is -0.567. The molecule has 4 rings (SSSR count). The Morgan fingerprint density at radius 1 is 1.19 bits per heavy atom. The Bertz CT molecular complexity index is 1280. The molecule has 2 aliphatic heterocycles. The van der Waals surface area contributed by atoms with Crippen LogP contribution in [0.1, 0.15) is 11.1 Å². The molecule has 9 nitrogen and oxygen atoms in total. The standard InChI is InChI=1S/C28H37F2N5O3.C3H4O/c1-20(19-36)5-4-6-22(29)18-23-21(2)17-24-26(25(23)30)31-28(38-16-13-34-11-14-37-15-12-34)32-27(24)35-9-7-33(3)8-10-35;1-2-3-4/h4-6,17,36H,1,7-16,18-19H2,2-3H3;2-3H,1H2/b5-4-,22-6+;. The van der Waals surface area contributed by atoms with E-state index >= 15 is 4.39 Å². The summed E-state index contributed by atoms with van der Waals surface area (Å²) in [4.78, 5) is 24.8. The monoisotopic (exact) mass is 585 g/mol. The van der Waals surface area contributed by atoms with E-state index in [1.807, 2.05) is 6.07 Å². The van der Waals surface area contributed by atoms with Crippen LogP contribution >= 0.6 is 0 Å². The Labute approximate surface area is 246 Å². The Morgan fingerprint density at radius 3 is 2.52 bits per heavy atom. The molecule has 0 saturated carbocycles. The number of aromatic nitrogens is 2. The van der Waals surface area contributed by atoms with E-state index in [9.17, 15) is 4.39 Å². The van der Waals surface area contributed by atoms with Gasteiger partial charge in [0, 0.05) is 57.6 Å². The van der Waals surface area contributed by atoms with Crippen LogP contribution in [0.25, 0.3) is 10.9 Å². The first-order valence-corrected chi connectivity index (χ1v) is 14.0. The molecule has 228 valence electrons. The molecule has 0 unspecified atom stereocenters. The summed E-state index contributed by atoms with van der Waals surface area (Å²) in [6.07, 6.45) is 5.83. The number of carbonyl (C=O) groups excluding carboxylic acids is 1. The quantitative estimate of drug-likeness (QED) is 0.242. The highest BCUT2D eigenvalue weighted by atomic mass is 19.1. The van der Waals surface area contributed by atoms with E-state index in [0.717, 1.165) is 39.3 Å². The molecule has 11 heteroatoms. The van der Waals surface area contributed by atoms with Gasteiger partial charge in [0.1, 0.15) is 30.1 Å². The number of benzene rings is 1. The molecule has 0 radical (unpaired) electrons. The molecule has 2 aliphatic rings. The lowest BCUT2D eigenvalue weighted by Gasteiger charge is -2.34. The third kappa shape index (κ3) is 9.52. The van der Waals surface area contributed by atoms with Crippen LogP contribution in [0.15, 0.2) is 54.9 Å². The summed E-state index contributed by atoms with van der Waals surface area (Å²) >= 11 is 0. The van der Waals surface area contributed by atoms with Gasteiger partial charge in [-0.2, -0.15) is 9.97 Å². The number of halogens is 2. The highest BCUT2D eigenvalue weighted by Gasteiger charge is 2.24. The molecule has 2 fully saturated rings. The number of ether oxygens (including phenoxy) is 2. The number of fused-ring (bicyclic) bond motifs is 1. The first kappa shape index (κ1) is 33.0. The van der Waals surface area contributed by atoms with Crippen molar-refractivity contribution < 1.29 is 28.2 Å². The average Bonchev–Trinajstić information content (AvgIpc) is 3.00. The van der Waals surface area contributed by atoms with E-state index in [1.54, 1.807) is 6.92 Å². The molecular weight excluding hydrogens is 544 g/mol. The van der Waals surface area contributed by atoms with Crippen LogP contribution in [0.5, 0.6) is 6.01 Å². The van der Waals surface area contributed by atoms with Crippen molar-refractivity contribution in [1.29, 1.82) is 0 Å². The second kappa shape index (κ2) is 16.8. The largest absolute Gasteiger partial charge is 0.462 e. The molecule has 42 heavy (non-hydrogen) atoms. The molecule has 0 atom stereocenters. The van der Waals surface area contributed by atoms with Crippen LogP contribution in [-0.4, -0.2) is 110 Å². The van der Waals surface area contributed by atoms with Crippen molar-refractivity contribution in [3.05, 3.63) is 71.9 Å². The van der Waals surface area contributed by atoms with Gasteiger partial charge in [0.2, 0.25) is 0 Å². The van der Waals surface area contributed by atoms with E-state index in [4.69, 9.17) is 24.4 Å². The number of morpholine rings is 1. The number of aliphatic hydroxyl groups is 1. The summed E-state index contributed by atoms with van der Waals surface area (Å²) in [6.45, 7) is 15.7. The van der Waals surface area contributed by atoms with Crippen molar-refractivity contribution in [3.8, 4) is 6.01 Å². The predicted molar refractivity (Wildman–Crippen MR) is 161 cm³/mol. The molecule has 1 N–H and O–H groups in total. The van der Waals surface area contributed by atoms with Gasteiger partial charge in [-0.25, -0.2) is 8.78 Å². The lowest BCUT2D eigenvalue weighted by atomic mass is 10.0. The van der Waals surface area contributed by atoms with E-state index in [2.05, 4.69) is 39.9 Å². The van der Waals surface area contributed by atoms with Gasteiger partial charge in [0.05, 0.1) is 19.8 Å². The summed E-state index contributed by atoms with van der Waals surface area (Å²) in [6, 6.07) is 1.96.